The van der Waals surface area contributed by atoms with Crippen molar-refractivity contribution in [1.29, 1.82) is 0 Å². The number of carbonyl (C=O) groups excluding carboxylic acids is 1. The standard InChI is InChI=1S/C17H22N4OS/c1-19-11-14(9-18-19)15-8-16(15)17(22)21-5-3-20(4-6-21)10-13-2-7-23-12-13/h2,7,9,11-12,15-16H,3-6,8,10H2,1H3/t15-,16-/m1/s1. The van der Waals surface area contributed by atoms with Crippen LogP contribution >= 0.6 is 11.3 Å². The van der Waals surface area contributed by atoms with E-state index >= 15 is 0 Å². The van der Waals surface area contributed by atoms with Crippen molar-refractivity contribution in [2.45, 2.75) is 18.9 Å². The summed E-state index contributed by atoms with van der Waals surface area (Å²) in [6.07, 6.45) is 4.92. The lowest BCUT2D eigenvalue weighted by Gasteiger charge is -2.34. The zero-order chi connectivity index (χ0) is 15.8. The van der Waals surface area contributed by atoms with Crippen LogP contribution in [0.3, 0.4) is 0 Å². The summed E-state index contributed by atoms with van der Waals surface area (Å²) in [6, 6.07) is 2.19. The molecule has 0 unspecified atom stereocenters. The molecule has 2 aromatic rings. The third-order valence-electron chi connectivity index (χ3n) is 4.93. The molecule has 0 spiro atoms. The van der Waals surface area contributed by atoms with Gasteiger partial charge in [-0.05, 0) is 40.3 Å². The number of thiophene rings is 1. The number of hydrogen-bond acceptors (Lipinski definition) is 4. The van der Waals surface area contributed by atoms with Gasteiger partial charge >= 0.3 is 0 Å². The average Bonchev–Trinajstić information content (AvgIpc) is 2.96. The van der Waals surface area contributed by atoms with Crippen molar-refractivity contribution in [2.75, 3.05) is 26.2 Å². The fourth-order valence-corrected chi connectivity index (χ4v) is 4.13. The fourth-order valence-electron chi connectivity index (χ4n) is 3.47. The van der Waals surface area contributed by atoms with E-state index in [-0.39, 0.29) is 5.92 Å². The van der Waals surface area contributed by atoms with Gasteiger partial charge in [0.1, 0.15) is 0 Å². The van der Waals surface area contributed by atoms with Crippen LogP contribution in [0.2, 0.25) is 0 Å². The van der Waals surface area contributed by atoms with Crippen molar-refractivity contribution in [1.82, 2.24) is 19.6 Å². The maximum Gasteiger partial charge on any atom is 0.226 e. The van der Waals surface area contributed by atoms with Gasteiger partial charge in [-0.2, -0.15) is 16.4 Å². The topological polar surface area (TPSA) is 41.4 Å². The fraction of sp³-hybridized carbons (Fsp3) is 0.529. The zero-order valence-corrected chi connectivity index (χ0v) is 14.2. The first-order valence-electron chi connectivity index (χ1n) is 8.21. The maximum absolute atomic E-state index is 12.7. The number of aryl methyl sites for hydroxylation is 1. The number of carbonyl (C=O) groups is 1. The lowest BCUT2D eigenvalue weighted by Crippen LogP contribution is -2.48. The summed E-state index contributed by atoms with van der Waals surface area (Å²) in [5.74, 6) is 0.914. The third-order valence-corrected chi connectivity index (χ3v) is 5.66. The molecule has 0 radical (unpaired) electrons. The molecular formula is C17H22N4OS. The second kappa shape index (κ2) is 6.09. The highest BCUT2D eigenvalue weighted by Crippen LogP contribution is 2.48. The van der Waals surface area contributed by atoms with Crippen molar-refractivity contribution in [3.8, 4) is 0 Å². The second-order valence-corrected chi connectivity index (χ2v) is 7.41. The van der Waals surface area contributed by atoms with Gasteiger partial charge in [0.25, 0.3) is 0 Å². The summed E-state index contributed by atoms with van der Waals surface area (Å²) in [6.45, 7) is 4.68. The monoisotopic (exact) mass is 330 g/mol. The normalized spacial score (nSPS) is 24.8. The summed E-state index contributed by atoms with van der Waals surface area (Å²) >= 11 is 1.75. The van der Waals surface area contributed by atoms with Crippen molar-refractivity contribution in [3.63, 3.8) is 0 Å². The van der Waals surface area contributed by atoms with Crippen LogP contribution in [-0.4, -0.2) is 51.7 Å². The van der Waals surface area contributed by atoms with Gasteiger partial charge in [-0.25, -0.2) is 0 Å². The summed E-state index contributed by atoms with van der Waals surface area (Å²) in [7, 11) is 1.93. The summed E-state index contributed by atoms with van der Waals surface area (Å²) in [4.78, 5) is 17.2. The minimum absolute atomic E-state index is 0.183. The summed E-state index contributed by atoms with van der Waals surface area (Å²) < 4.78 is 1.82. The van der Waals surface area contributed by atoms with Crippen molar-refractivity contribution >= 4 is 17.2 Å². The maximum atomic E-state index is 12.7. The molecule has 23 heavy (non-hydrogen) atoms. The first-order valence-corrected chi connectivity index (χ1v) is 9.16. The van der Waals surface area contributed by atoms with E-state index < -0.39 is 0 Å². The molecule has 2 atom stereocenters. The van der Waals surface area contributed by atoms with Crippen LogP contribution in [0, 0.1) is 5.92 Å². The Bertz CT molecular complexity index is 673. The Morgan fingerprint density at radius 3 is 2.83 bits per heavy atom. The van der Waals surface area contributed by atoms with Crippen LogP contribution in [0.25, 0.3) is 0 Å². The number of piperazine rings is 1. The van der Waals surface area contributed by atoms with E-state index in [1.54, 1.807) is 11.3 Å². The molecule has 1 saturated heterocycles. The Balaban J connectivity index is 1.28. The Morgan fingerprint density at radius 2 is 2.17 bits per heavy atom. The molecule has 0 N–H and O–H groups in total. The Hall–Kier alpha value is -1.66. The lowest BCUT2D eigenvalue weighted by molar-refractivity contribution is -0.134. The van der Waals surface area contributed by atoms with Crippen LogP contribution in [0.4, 0.5) is 0 Å². The van der Waals surface area contributed by atoms with Gasteiger partial charge in [-0.3, -0.25) is 14.4 Å². The Morgan fingerprint density at radius 1 is 1.35 bits per heavy atom. The quantitative estimate of drug-likeness (QED) is 0.860. The predicted octanol–water partition coefficient (Wildman–Crippen LogP) is 1.93. The Kier molecular flexibility index (Phi) is 3.95. The minimum atomic E-state index is 0.183. The van der Waals surface area contributed by atoms with Gasteiger partial charge in [0, 0.05) is 51.9 Å². The van der Waals surface area contributed by atoms with Crippen molar-refractivity contribution in [2.24, 2.45) is 13.0 Å². The molecule has 0 aromatic carbocycles. The zero-order valence-electron chi connectivity index (χ0n) is 13.4. The number of aromatic nitrogens is 2. The van der Waals surface area contributed by atoms with E-state index in [4.69, 9.17) is 0 Å². The molecule has 4 rings (SSSR count). The third kappa shape index (κ3) is 3.19. The molecule has 2 aromatic heterocycles. The number of amides is 1. The van der Waals surface area contributed by atoms with E-state index in [1.807, 2.05) is 24.1 Å². The molecule has 1 aliphatic carbocycles. The van der Waals surface area contributed by atoms with E-state index in [0.717, 1.165) is 39.1 Å². The van der Waals surface area contributed by atoms with Crippen LogP contribution in [-0.2, 0) is 18.4 Å². The molecule has 1 aliphatic heterocycles. The first kappa shape index (κ1) is 14.9. The van der Waals surface area contributed by atoms with Gasteiger partial charge in [-0.15, -0.1) is 0 Å². The number of rotatable bonds is 4. The predicted molar refractivity (Wildman–Crippen MR) is 90.2 cm³/mol. The van der Waals surface area contributed by atoms with Crippen LogP contribution in [0.5, 0.6) is 0 Å². The van der Waals surface area contributed by atoms with Gasteiger partial charge in [0.2, 0.25) is 5.91 Å². The lowest BCUT2D eigenvalue weighted by atomic mass is 10.1. The van der Waals surface area contributed by atoms with Gasteiger partial charge < -0.3 is 4.90 Å². The number of nitrogens with zero attached hydrogens (tertiary/aromatic N) is 4. The highest BCUT2D eigenvalue weighted by atomic mass is 32.1. The van der Waals surface area contributed by atoms with E-state index in [0.29, 0.717) is 11.8 Å². The van der Waals surface area contributed by atoms with Gasteiger partial charge in [0.05, 0.1) is 6.20 Å². The minimum Gasteiger partial charge on any atom is -0.340 e. The molecule has 3 heterocycles. The van der Waals surface area contributed by atoms with Crippen molar-refractivity contribution < 1.29 is 4.79 Å². The SMILES string of the molecule is Cn1cc([C@H]2C[C@H]2C(=O)N2CCN(Cc3ccsc3)CC2)cn1. The van der Waals surface area contributed by atoms with E-state index in [1.165, 1.54) is 11.1 Å². The average molecular weight is 330 g/mol. The van der Waals surface area contributed by atoms with Crippen LogP contribution < -0.4 is 0 Å². The number of hydrogen-bond donors (Lipinski definition) is 0. The van der Waals surface area contributed by atoms with Gasteiger partial charge in [-0.1, -0.05) is 0 Å². The largest absolute Gasteiger partial charge is 0.340 e. The molecular weight excluding hydrogens is 308 g/mol. The van der Waals surface area contributed by atoms with E-state index in [9.17, 15) is 4.79 Å². The van der Waals surface area contributed by atoms with Crippen molar-refractivity contribution in [3.05, 3.63) is 40.3 Å². The smallest absolute Gasteiger partial charge is 0.226 e. The molecule has 1 saturated carbocycles. The molecule has 1 amide bonds. The Labute approximate surface area is 140 Å². The van der Waals surface area contributed by atoms with Crippen LogP contribution in [0.15, 0.2) is 29.2 Å². The molecule has 5 nitrogen and oxygen atoms in total. The van der Waals surface area contributed by atoms with E-state index in [2.05, 4.69) is 31.7 Å². The summed E-state index contributed by atoms with van der Waals surface area (Å²) in [5, 5.41) is 8.55. The second-order valence-electron chi connectivity index (χ2n) is 6.63. The molecule has 2 aliphatic rings. The molecule has 6 heteroatoms. The van der Waals surface area contributed by atoms with Gasteiger partial charge in [0.15, 0.2) is 0 Å². The van der Waals surface area contributed by atoms with Crippen LogP contribution in [0.1, 0.15) is 23.5 Å². The highest BCUT2D eigenvalue weighted by Gasteiger charge is 2.46. The first-order chi connectivity index (χ1) is 11.2. The molecule has 2 fully saturated rings. The molecule has 0 bridgehead atoms. The molecule has 122 valence electrons. The highest BCUT2D eigenvalue weighted by molar-refractivity contribution is 7.07. The summed E-state index contributed by atoms with van der Waals surface area (Å²) in [5.41, 5.74) is 2.59.